The first-order valence-corrected chi connectivity index (χ1v) is 6.66. The Kier molecular flexibility index (Phi) is 3.01. The van der Waals surface area contributed by atoms with Crippen LogP contribution in [0.25, 0.3) is 0 Å². The van der Waals surface area contributed by atoms with Gasteiger partial charge in [0, 0.05) is 0 Å². The Morgan fingerprint density at radius 3 is 2.24 bits per heavy atom. The second-order valence-corrected chi connectivity index (χ2v) is 6.33. The van der Waals surface area contributed by atoms with Gasteiger partial charge in [0.2, 0.25) is 0 Å². The molecule has 0 bridgehead atoms. The fourth-order valence-corrected chi connectivity index (χ4v) is 3.99. The standard InChI is InChI=1S/C14H24O3/c1-9(2)14(12(15)16-5)13(17-14)7-10(3)6-11(4)8-13/h9-11H,6-8H2,1-5H3. The number of hydrogen-bond donors (Lipinski definition) is 0. The van der Waals surface area contributed by atoms with Crippen LogP contribution in [0, 0.1) is 17.8 Å². The third-order valence-electron chi connectivity index (χ3n) is 4.45. The maximum atomic E-state index is 12.1. The highest BCUT2D eigenvalue weighted by molar-refractivity contribution is 5.85. The van der Waals surface area contributed by atoms with Gasteiger partial charge in [0.15, 0.2) is 5.60 Å². The van der Waals surface area contributed by atoms with Crippen LogP contribution in [0.15, 0.2) is 0 Å². The molecule has 98 valence electrons. The molecule has 1 saturated carbocycles. The lowest BCUT2D eigenvalue weighted by Gasteiger charge is -2.32. The second kappa shape index (κ2) is 3.98. The van der Waals surface area contributed by atoms with Gasteiger partial charge in [-0.1, -0.05) is 27.7 Å². The van der Waals surface area contributed by atoms with E-state index < -0.39 is 5.60 Å². The van der Waals surface area contributed by atoms with Crippen LogP contribution in [-0.4, -0.2) is 24.3 Å². The molecule has 0 aromatic rings. The van der Waals surface area contributed by atoms with Crippen molar-refractivity contribution in [1.29, 1.82) is 0 Å². The van der Waals surface area contributed by atoms with Gasteiger partial charge in [0.1, 0.15) is 5.60 Å². The van der Waals surface area contributed by atoms with Crippen LogP contribution < -0.4 is 0 Å². The van der Waals surface area contributed by atoms with Gasteiger partial charge in [-0.15, -0.1) is 0 Å². The summed E-state index contributed by atoms with van der Waals surface area (Å²) < 4.78 is 11.0. The van der Waals surface area contributed by atoms with E-state index >= 15 is 0 Å². The minimum atomic E-state index is -0.676. The average molecular weight is 240 g/mol. The highest BCUT2D eigenvalue weighted by Gasteiger charge is 2.77. The zero-order chi connectivity index (χ0) is 12.8. The van der Waals surface area contributed by atoms with Crippen molar-refractivity contribution >= 4 is 5.97 Å². The molecule has 3 heteroatoms. The highest BCUT2D eigenvalue weighted by Crippen LogP contribution is 2.62. The molecule has 0 N–H and O–H groups in total. The summed E-state index contributed by atoms with van der Waals surface area (Å²) in [4.78, 5) is 12.1. The number of epoxide rings is 1. The van der Waals surface area contributed by atoms with Crippen molar-refractivity contribution in [3.05, 3.63) is 0 Å². The summed E-state index contributed by atoms with van der Waals surface area (Å²) in [5.41, 5.74) is -0.921. The van der Waals surface area contributed by atoms with Crippen molar-refractivity contribution in [2.24, 2.45) is 17.8 Å². The van der Waals surface area contributed by atoms with Crippen molar-refractivity contribution < 1.29 is 14.3 Å². The van der Waals surface area contributed by atoms with E-state index in [0.29, 0.717) is 11.8 Å². The molecular weight excluding hydrogens is 216 g/mol. The van der Waals surface area contributed by atoms with E-state index in [2.05, 4.69) is 27.7 Å². The molecule has 1 spiro atoms. The molecule has 3 atom stereocenters. The lowest BCUT2D eigenvalue weighted by atomic mass is 9.68. The Balaban J connectivity index is 2.26. The van der Waals surface area contributed by atoms with Crippen molar-refractivity contribution in [2.75, 3.05) is 7.11 Å². The van der Waals surface area contributed by atoms with Crippen molar-refractivity contribution in [3.8, 4) is 0 Å². The summed E-state index contributed by atoms with van der Waals surface area (Å²) in [5.74, 6) is 1.24. The van der Waals surface area contributed by atoms with E-state index in [9.17, 15) is 4.79 Å². The lowest BCUT2D eigenvalue weighted by Crippen LogP contribution is -2.43. The second-order valence-electron chi connectivity index (χ2n) is 6.33. The average Bonchev–Trinajstić information content (AvgIpc) is 2.84. The minimum absolute atomic E-state index is 0.174. The Morgan fingerprint density at radius 1 is 1.29 bits per heavy atom. The Labute approximate surface area is 104 Å². The molecule has 0 aromatic carbocycles. The maximum absolute atomic E-state index is 12.1. The van der Waals surface area contributed by atoms with Gasteiger partial charge in [-0.2, -0.15) is 0 Å². The number of carbonyl (C=O) groups is 1. The van der Waals surface area contributed by atoms with Gasteiger partial charge in [-0.25, -0.2) is 4.79 Å². The van der Waals surface area contributed by atoms with Crippen molar-refractivity contribution in [1.82, 2.24) is 0 Å². The van der Waals surface area contributed by atoms with Gasteiger partial charge in [-0.3, -0.25) is 0 Å². The molecule has 17 heavy (non-hydrogen) atoms. The zero-order valence-corrected chi connectivity index (χ0v) is 11.6. The SMILES string of the molecule is COC(=O)C1(C(C)C)OC12CC(C)CC(C)C2. The summed E-state index contributed by atoms with van der Waals surface area (Å²) in [6.07, 6.45) is 3.22. The summed E-state index contributed by atoms with van der Waals surface area (Å²) in [6, 6.07) is 0. The molecule has 1 aliphatic carbocycles. The quantitative estimate of drug-likeness (QED) is 0.550. The number of carbonyl (C=O) groups excluding carboxylic acids is 1. The van der Waals surface area contributed by atoms with E-state index in [4.69, 9.17) is 9.47 Å². The molecule has 2 aliphatic rings. The van der Waals surface area contributed by atoms with Gasteiger partial charge in [0.05, 0.1) is 7.11 Å². The first-order chi connectivity index (χ1) is 7.88. The topological polar surface area (TPSA) is 38.8 Å². The number of methoxy groups -OCH3 is 1. The molecular formula is C14H24O3. The molecule has 3 unspecified atom stereocenters. The molecule has 0 aromatic heterocycles. The van der Waals surface area contributed by atoms with Crippen LogP contribution in [0.5, 0.6) is 0 Å². The predicted octanol–water partition coefficient (Wildman–Crippen LogP) is 2.78. The van der Waals surface area contributed by atoms with Crippen LogP contribution in [0.3, 0.4) is 0 Å². The zero-order valence-electron chi connectivity index (χ0n) is 11.6. The van der Waals surface area contributed by atoms with Gasteiger partial charge in [0.25, 0.3) is 0 Å². The van der Waals surface area contributed by atoms with E-state index in [-0.39, 0.29) is 17.5 Å². The molecule has 3 nitrogen and oxygen atoms in total. The minimum Gasteiger partial charge on any atom is -0.467 e. The smallest absolute Gasteiger partial charge is 0.341 e. The summed E-state index contributed by atoms with van der Waals surface area (Å²) in [5, 5.41) is 0. The third-order valence-corrected chi connectivity index (χ3v) is 4.45. The first kappa shape index (κ1) is 12.9. The molecule has 2 fully saturated rings. The van der Waals surface area contributed by atoms with Gasteiger partial charge in [-0.05, 0) is 37.0 Å². The van der Waals surface area contributed by atoms with Gasteiger partial charge < -0.3 is 9.47 Å². The third kappa shape index (κ3) is 1.70. The summed E-state index contributed by atoms with van der Waals surface area (Å²) in [7, 11) is 1.46. The lowest BCUT2D eigenvalue weighted by molar-refractivity contribution is -0.148. The summed E-state index contributed by atoms with van der Waals surface area (Å²) >= 11 is 0. The monoisotopic (exact) mass is 240 g/mol. The van der Waals surface area contributed by atoms with Gasteiger partial charge >= 0.3 is 5.97 Å². The van der Waals surface area contributed by atoms with E-state index in [1.807, 2.05) is 0 Å². The van der Waals surface area contributed by atoms with Crippen LogP contribution in [0.4, 0.5) is 0 Å². The Bertz CT molecular complexity index is 313. The van der Waals surface area contributed by atoms with Crippen LogP contribution in [0.1, 0.15) is 47.0 Å². The Morgan fingerprint density at radius 2 is 1.82 bits per heavy atom. The van der Waals surface area contributed by atoms with E-state index in [1.165, 1.54) is 13.5 Å². The molecule has 0 amide bonds. The van der Waals surface area contributed by atoms with Crippen LogP contribution >= 0.6 is 0 Å². The number of ether oxygens (including phenoxy) is 2. The number of hydrogen-bond acceptors (Lipinski definition) is 3. The van der Waals surface area contributed by atoms with Crippen molar-refractivity contribution in [3.63, 3.8) is 0 Å². The molecule has 1 heterocycles. The number of rotatable bonds is 2. The molecule has 0 radical (unpaired) electrons. The van der Waals surface area contributed by atoms with Crippen molar-refractivity contribution in [2.45, 2.75) is 58.2 Å². The molecule has 1 saturated heterocycles. The predicted molar refractivity (Wildman–Crippen MR) is 65.6 cm³/mol. The van der Waals surface area contributed by atoms with Crippen LogP contribution in [-0.2, 0) is 14.3 Å². The maximum Gasteiger partial charge on any atom is 0.341 e. The fourth-order valence-electron chi connectivity index (χ4n) is 3.99. The van der Waals surface area contributed by atoms with Crippen LogP contribution in [0.2, 0.25) is 0 Å². The first-order valence-electron chi connectivity index (χ1n) is 6.66. The van der Waals surface area contributed by atoms with E-state index in [1.54, 1.807) is 0 Å². The molecule has 2 rings (SSSR count). The fraction of sp³-hybridized carbons (Fsp3) is 0.929. The normalized spacial score (nSPS) is 45.1. The molecule has 1 aliphatic heterocycles. The largest absolute Gasteiger partial charge is 0.467 e. The summed E-state index contributed by atoms with van der Waals surface area (Å²) in [6.45, 7) is 8.61. The Hall–Kier alpha value is -0.570. The highest BCUT2D eigenvalue weighted by atomic mass is 16.7. The number of esters is 1. The van der Waals surface area contributed by atoms with E-state index in [0.717, 1.165) is 12.8 Å².